The molecule has 0 amide bonds. The Morgan fingerprint density at radius 2 is 1.95 bits per heavy atom. The van der Waals surface area contributed by atoms with Gasteiger partial charge in [0.2, 0.25) is 0 Å². The van der Waals surface area contributed by atoms with E-state index in [1.54, 1.807) is 6.07 Å². The van der Waals surface area contributed by atoms with Crippen molar-refractivity contribution >= 4 is 29.7 Å². The Hall–Kier alpha value is -0.840. The van der Waals surface area contributed by atoms with Crippen molar-refractivity contribution in [2.45, 2.75) is 38.1 Å². The normalized spacial score (nSPS) is 17.6. The third kappa shape index (κ3) is 3.81. The topological polar surface area (TPSA) is 69.2 Å². The summed E-state index contributed by atoms with van der Waals surface area (Å²) in [6, 6.07) is 4.33. The predicted molar refractivity (Wildman–Crippen MR) is 78.9 cm³/mol. The average Bonchev–Trinajstić information content (AvgIpc) is 2.38. The molecule has 0 aromatic heterocycles. The number of halogens is 2. The van der Waals surface area contributed by atoms with Crippen LogP contribution < -0.4 is 5.73 Å². The summed E-state index contributed by atoms with van der Waals surface area (Å²) < 4.78 is 0. The van der Waals surface area contributed by atoms with Gasteiger partial charge in [-0.2, -0.15) is 0 Å². The van der Waals surface area contributed by atoms with E-state index in [0.717, 1.165) is 25.7 Å². The Kier molecular flexibility index (Phi) is 6.04. The molecule has 0 radical (unpaired) electrons. The molecule has 6 heteroatoms. The first-order valence-electron chi connectivity index (χ1n) is 6.29. The van der Waals surface area contributed by atoms with Crippen molar-refractivity contribution in [1.29, 1.82) is 0 Å². The number of nitrogens with zero attached hydrogens (tertiary/aromatic N) is 1. The Morgan fingerprint density at radius 3 is 2.53 bits per heavy atom. The smallest absolute Gasteiger partial charge is 0.274 e. The van der Waals surface area contributed by atoms with E-state index in [1.165, 1.54) is 18.6 Å². The molecule has 4 nitrogen and oxygen atoms in total. The average molecular weight is 305 g/mol. The van der Waals surface area contributed by atoms with Gasteiger partial charge in [0, 0.05) is 22.7 Å². The summed E-state index contributed by atoms with van der Waals surface area (Å²) >= 11 is 5.93. The zero-order valence-corrected chi connectivity index (χ0v) is 12.1. The van der Waals surface area contributed by atoms with Crippen LogP contribution in [0.5, 0.6) is 0 Å². The highest BCUT2D eigenvalue weighted by atomic mass is 35.5. The highest BCUT2D eigenvalue weighted by Gasteiger charge is 2.27. The van der Waals surface area contributed by atoms with E-state index in [-0.39, 0.29) is 29.1 Å². The summed E-state index contributed by atoms with van der Waals surface area (Å²) in [6.45, 7) is 0. The van der Waals surface area contributed by atoms with Gasteiger partial charge in [-0.15, -0.1) is 12.4 Å². The van der Waals surface area contributed by atoms with Crippen LogP contribution in [-0.4, -0.2) is 4.92 Å². The van der Waals surface area contributed by atoms with Crippen molar-refractivity contribution in [3.05, 3.63) is 38.9 Å². The van der Waals surface area contributed by atoms with Gasteiger partial charge in [-0.3, -0.25) is 10.1 Å². The first-order valence-corrected chi connectivity index (χ1v) is 6.67. The molecule has 1 aromatic carbocycles. The van der Waals surface area contributed by atoms with Crippen LogP contribution in [0.2, 0.25) is 5.02 Å². The highest BCUT2D eigenvalue weighted by Crippen LogP contribution is 2.37. The van der Waals surface area contributed by atoms with Crippen LogP contribution in [0.15, 0.2) is 18.2 Å². The number of rotatable bonds is 3. The quantitative estimate of drug-likeness (QED) is 0.670. The van der Waals surface area contributed by atoms with Crippen LogP contribution in [0.25, 0.3) is 0 Å². The Balaban J connectivity index is 0.00000180. The summed E-state index contributed by atoms with van der Waals surface area (Å²) in [6.07, 6.45) is 5.65. The van der Waals surface area contributed by atoms with Crippen molar-refractivity contribution in [2.24, 2.45) is 11.7 Å². The molecule has 0 bridgehead atoms. The van der Waals surface area contributed by atoms with Gasteiger partial charge in [-0.1, -0.05) is 30.9 Å². The first-order chi connectivity index (χ1) is 8.59. The number of nitrogens with two attached hydrogens (primary N) is 1. The third-order valence-electron chi connectivity index (χ3n) is 3.70. The molecule has 2 N–H and O–H groups in total. The third-order valence-corrected chi connectivity index (χ3v) is 3.94. The van der Waals surface area contributed by atoms with Gasteiger partial charge in [0.25, 0.3) is 5.69 Å². The highest BCUT2D eigenvalue weighted by molar-refractivity contribution is 6.30. The zero-order valence-electron chi connectivity index (χ0n) is 10.5. The maximum Gasteiger partial charge on any atom is 0.274 e. The number of hydrogen-bond donors (Lipinski definition) is 1. The van der Waals surface area contributed by atoms with Gasteiger partial charge < -0.3 is 5.73 Å². The molecule has 1 fully saturated rings. The predicted octanol–water partition coefficient (Wildman–Crippen LogP) is 4.25. The molecule has 1 atom stereocenters. The molecule has 0 saturated heterocycles. The van der Waals surface area contributed by atoms with Crippen LogP contribution in [0.3, 0.4) is 0 Å². The summed E-state index contributed by atoms with van der Waals surface area (Å²) in [5.41, 5.74) is 6.86. The fourth-order valence-corrected chi connectivity index (χ4v) is 2.89. The molecular formula is C13H18Cl2N2O2. The first kappa shape index (κ1) is 16.2. The summed E-state index contributed by atoms with van der Waals surface area (Å²) in [5, 5.41) is 11.5. The molecule has 106 valence electrons. The number of benzene rings is 1. The second-order valence-electron chi connectivity index (χ2n) is 4.88. The molecule has 0 aliphatic heterocycles. The van der Waals surface area contributed by atoms with Crippen molar-refractivity contribution in [3.8, 4) is 0 Å². The molecule has 0 unspecified atom stereocenters. The minimum absolute atomic E-state index is 0. The molecule has 19 heavy (non-hydrogen) atoms. The molecule has 1 aliphatic carbocycles. The number of nitro benzene ring substituents is 1. The molecule has 0 spiro atoms. The lowest BCUT2D eigenvalue weighted by Crippen LogP contribution is -2.24. The number of nitro groups is 1. The van der Waals surface area contributed by atoms with Gasteiger partial charge in [0.15, 0.2) is 0 Å². The summed E-state index contributed by atoms with van der Waals surface area (Å²) in [4.78, 5) is 10.6. The Bertz CT molecular complexity index is 448. The van der Waals surface area contributed by atoms with Gasteiger partial charge in [0.05, 0.1) is 4.92 Å². The molecular weight excluding hydrogens is 287 g/mol. The summed E-state index contributed by atoms with van der Waals surface area (Å²) in [7, 11) is 0. The van der Waals surface area contributed by atoms with Gasteiger partial charge in [-0.05, 0) is 30.9 Å². The van der Waals surface area contributed by atoms with E-state index in [0.29, 0.717) is 16.5 Å². The van der Waals surface area contributed by atoms with E-state index in [9.17, 15) is 10.1 Å². The molecule has 1 saturated carbocycles. The molecule has 0 heterocycles. The molecule has 1 aliphatic rings. The lowest BCUT2D eigenvalue weighted by atomic mass is 9.81. The zero-order chi connectivity index (χ0) is 13.1. The van der Waals surface area contributed by atoms with Crippen molar-refractivity contribution in [1.82, 2.24) is 0 Å². The van der Waals surface area contributed by atoms with Crippen LogP contribution >= 0.6 is 24.0 Å². The van der Waals surface area contributed by atoms with E-state index in [4.69, 9.17) is 17.3 Å². The Morgan fingerprint density at radius 1 is 1.32 bits per heavy atom. The lowest BCUT2D eigenvalue weighted by Gasteiger charge is -2.27. The Labute approximate surface area is 123 Å². The standard InChI is InChI=1S/C13H17ClN2O2.ClH/c14-10-6-7-12(16(17)18)11(8-10)13(15)9-4-2-1-3-5-9;/h6-9,13H,1-5,15H2;1H/t13-;/m1./s1. The van der Waals surface area contributed by atoms with Gasteiger partial charge in [0.1, 0.15) is 0 Å². The van der Waals surface area contributed by atoms with E-state index in [1.807, 2.05) is 0 Å². The monoisotopic (exact) mass is 304 g/mol. The minimum atomic E-state index is -0.381. The van der Waals surface area contributed by atoms with Crippen LogP contribution in [-0.2, 0) is 0 Å². The molecule has 1 aromatic rings. The second kappa shape index (κ2) is 7.08. The maximum atomic E-state index is 11.0. The fourth-order valence-electron chi connectivity index (χ4n) is 2.71. The number of hydrogen-bond acceptors (Lipinski definition) is 3. The van der Waals surface area contributed by atoms with Crippen LogP contribution in [0.4, 0.5) is 5.69 Å². The lowest BCUT2D eigenvalue weighted by molar-refractivity contribution is -0.385. The fraction of sp³-hybridized carbons (Fsp3) is 0.538. The largest absolute Gasteiger partial charge is 0.324 e. The van der Waals surface area contributed by atoms with E-state index in [2.05, 4.69) is 0 Å². The van der Waals surface area contributed by atoms with Crippen molar-refractivity contribution < 1.29 is 4.92 Å². The minimum Gasteiger partial charge on any atom is -0.324 e. The van der Waals surface area contributed by atoms with Crippen molar-refractivity contribution in [2.75, 3.05) is 0 Å². The van der Waals surface area contributed by atoms with E-state index >= 15 is 0 Å². The SMILES string of the molecule is Cl.N[C@@H](c1cc(Cl)ccc1[N+](=O)[O-])C1CCCCC1. The van der Waals surface area contributed by atoms with Crippen LogP contribution in [0, 0.1) is 16.0 Å². The van der Waals surface area contributed by atoms with Crippen LogP contribution in [0.1, 0.15) is 43.7 Å². The van der Waals surface area contributed by atoms with E-state index < -0.39 is 0 Å². The second-order valence-corrected chi connectivity index (χ2v) is 5.32. The summed E-state index contributed by atoms with van der Waals surface area (Å²) in [5.74, 6) is 0.330. The molecule has 2 rings (SSSR count). The van der Waals surface area contributed by atoms with Crippen molar-refractivity contribution in [3.63, 3.8) is 0 Å². The van der Waals surface area contributed by atoms with Gasteiger partial charge in [-0.25, -0.2) is 0 Å². The maximum absolute atomic E-state index is 11.0. The van der Waals surface area contributed by atoms with Gasteiger partial charge >= 0.3 is 0 Å².